The number of fused-ring (bicyclic) bond motifs is 10. The van der Waals surface area contributed by atoms with E-state index in [2.05, 4.69) is 114 Å². The molecule has 0 saturated carbocycles. The molecule has 0 spiro atoms. The highest BCUT2D eigenvalue weighted by atomic mass is 14.7. The molecule has 1 heterocycles. The van der Waals surface area contributed by atoms with Crippen molar-refractivity contribution in [3.63, 3.8) is 0 Å². The summed E-state index contributed by atoms with van der Waals surface area (Å²) >= 11 is 0. The van der Waals surface area contributed by atoms with E-state index in [0.29, 0.717) is 0 Å². The summed E-state index contributed by atoms with van der Waals surface area (Å²) in [5.41, 5.74) is 4.95. The molecule has 0 fully saturated rings. The monoisotopic (exact) mass is 393 g/mol. The second-order valence-corrected chi connectivity index (χ2v) is 8.23. The van der Waals surface area contributed by atoms with Gasteiger partial charge in [-0.25, -0.2) is 0 Å². The average Bonchev–Trinajstić information content (AvgIpc) is 3.24. The zero-order chi connectivity index (χ0) is 20.4. The molecule has 0 aliphatic rings. The van der Waals surface area contributed by atoms with Crippen molar-refractivity contribution in [2.24, 2.45) is 0 Å². The first-order valence-electron chi connectivity index (χ1n) is 10.7. The average molecular weight is 393 g/mol. The van der Waals surface area contributed by atoms with Crippen LogP contribution in [0.2, 0.25) is 0 Å². The molecule has 0 bridgehead atoms. The lowest BCUT2D eigenvalue weighted by atomic mass is 9.87. The summed E-state index contributed by atoms with van der Waals surface area (Å²) in [6, 6.07) is 39.4. The van der Waals surface area contributed by atoms with Gasteiger partial charge in [0.15, 0.2) is 0 Å². The predicted molar refractivity (Wildman–Crippen MR) is 134 cm³/mol. The first-order valence-corrected chi connectivity index (χ1v) is 10.7. The van der Waals surface area contributed by atoms with Crippen LogP contribution < -0.4 is 0 Å². The zero-order valence-electron chi connectivity index (χ0n) is 16.9. The highest BCUT2D eigenvalue weighted by molar-refractivity contribution is 6.38. The van der Waals surface area contributed by atoms with Crippen LogP contribution in [-0.2, 0) is 0 Å². The zero-order valence-corrected chi connectivity index (χ0v) is 16.9. The van der Waals surface area contributed by atoms with Gasteiger partial charge in [0.1, 0.15) is 0 Å². The number of aromatic amines is 1. The molecule has 7 aromatic rings. The molecule has 144 valence electrons. The Kier molecular flexibility index (Phi) is 3.33. The van der Waals surface area contributed by atoms with E-state index < -0.39 is 0 Å². The second kappa shape index (κ2) is 6.20. The topological polar surface area (TPSA) is 15.8 Å². The Morgan fingerprint density at radius 1 is 0.452 bits per heavy atom. The van der Waals surface area contributed by atoms with Gasteiger partial charge < -0.3 is 4.98 Å². The maximum atomic E-state index is 3.74. The summed E-state index contributed by atoms with van der Waals surface area (Å²) in [7, 11) is 0. The number of H-pyrrole nitrogens is 1. The van der Waals surface area contributed by atoms with Gasteiger partial charge in [-0.1, -0.05) is 97.1 Å². The van der Waals surface area contributed by atoms with E-state index in [1.807, 2.05) is 0 Å². The normalized spacial score (nSPS) is 11.9. The van der Waals surface area contributed by atoms with Gasteiger partial charge in [0.25, 0.3) is 0 Å². The van der Waals surface area contributed by atoms with Crippen molar-refractivity contribution < 1.29 is 0 Å². The van der Waals surface area contributed by atoms with Crippen molar-refractivity contribution in [2.75, 3.05) is 0 Å². The van der Waals surface area contributed by atoms with Crippen LogP contribution in [0.15, 0.2) is 109 Å². The molecule has 0 amide bonds. The van der Waals surface area contributed by atoms with Gasteiger partial charge in [0.2, 0.25) is 0 Å². The Balaban J connectivity index is 1.90. The Labute approximate surface area is 179 Å². The largest absolute Gasteiger partial charge is 0.354 e. The van der Waals surface area contributed by atoms with Crippen molar-refractivity contribution in [2.45, 2.75) is 0 Å². The lowest BCUT2D eigenvalue weighted by Gasteiger charge is -2.15. The van der Waals surface area contributed by atoms with Crippen LogP contribution in [-0.4, -0.2) is 4.98 Å². The molecule has 0 aliphatic heterocycles. The van der Waals surface area contributed by atoms with Crippen LogP contribution in [0.3, 0.4) is 0 Å². The Morgan fingerprint density at radius 3 is 1.94 bits per heavy atom. The molecular weight excluding hydrogens is 374 g/mol. The van der Waals surface area contributed by atoms with Gasteiger partial charge in [-0.15, -0.1) is 0 Å². The van der Waals surface area contributed by atoms with Crippen molar-refractivity contribution in [1.29, 1.82) is 0 Å². The van der Waals surface area contributed by atoms with Crippen LogP contribution >= 0.6 is 0 Å². The van der Waals surface area contributed by atoms with Crippen LogP contribution in [0.25, 0.3) is 65.3 Å². The van der Waals surface area contributed by atoms with Gasteiger partial charge in [0, 0.05) is 27.1 Å². The van der Waals surface area contributed by atoms with E-state index in [-0.39, 0.29) is 0 Å². The van der Waals surface area contributed by atoms with Gasteiger partial charge >= 0.3 is 0 Å². The Bertz CT molecular complexity index is 1770. The van der Waals surface area contributed by atoms with E-state index in [9.17, 15) is 0 Å². The number of aromatic nitrogens is 1. The van der Waals surface area contributed by atoms with E-state index in [1.54, 1.807) is 0 Å². The minimum atomic E-state index is 1.18. The van der Waals surface area contributed by atoms with E-state index in [0.717, 1.165) is 0 Å². The summed E-state index contributed by atoms with van der Waals surface area (Å²) < 4.78 is 0. The molecule has 1 N–H and O–H groups in total. The van der Waals surface area contributed by atoms with E-state index in [1.165, 1.54) is 65.3 Å². The summed E-state index contributed by atoms with van der Waals surface area (Å²) in [6.07, 6.45) is 0. The maximum absolute atomic E-state index is 3.74. The second-order valence-electron chi connectivity index (χ2n) is 8.23. The minimum Gasteiger partial charge on any atom is -0.354 e. The van der Waals surface area contributed by atoms with Gasteiger partial charge in [-0.3, -0.25) is 0 Å². The van der Waals surface area contributed by atoms with Crippen molar-refractivity contribution in [3.8, 4) is 11.1 Å². The van der Waals surface area contributed by atoms with Crippen molar-refractivity contribution in [3.05, 3.63) is 109 Å². The number of nitrogens with one attached hydrogen (secondary N) is 1. The van der Waals surface area contributed by atoms with Crippen molar-refractivity contribution >= 4 is 54.1 Å². The third-order valence-corrected chi connectivity index (χ3v) is 6.56. The highest BCUT2D eigenvalue weighted by Crippen LogP contribution is 2.45. The SMILES string of the molecule is c1ccc(-c2cc3ccccc3c3c2c2ccccc2c2[nH]c4ccccc4c23)cc1. The molecular formula is C30H19N. The summed E-state index contributed by atoms with van der Waals surface area (Å²) in [4.78, 5) is 3.74. The Hall–Kier alpha value is -4.10. The number of hydrogen-bond donors (Lipinski definition) is 1. The van der Waals surface area contributed by atoms with Gasteiger partial charge in [-0.05, 0) is 44.8 Å². The lowest BCUT2D eigenvalue weighted by molar-refractivity contribution is 1.56. The fraction of sp³-hybridized carbons (Fsp3) is 0. The molecule has 0 aliphatic carbocycles. The third kappa shape index (κ3) is 2.26. The molecule has 1 heteroatoms. The summed E-state index contributed by atoms with van der Waals surface area (Å²) in [5, 5.41) is 10.4. The lowest BCUT2D eigenvalue weighted by Crippen LogP contribution is -1.88. The summed E-state index contributed by atoms with van der Waals surface area (Å²) in [5.74, 6) is 0. The number of rotatable bonds is 1. The molecule has 0 radical (unpaired) electrons. The first-order chi connectivity index (χ1) is 15.4. The van der Waals surface area contributed by atoms with Crippen LogP contribution in [0.1, 0.15) is 0 Å². The molecule has 6 aromatic carbocycles. The Morgan fingerprint density at radius 2 is 1.10 bits per heavy atom. The first kappa shape index (κ1) is 16.7. The maximum Gasteiger partial charge on any atom is 0.0551 e. The third-order valence-electron chi connectivity index (χ3n) is 6.56. The van der Waals surface area contributed by atoms with Gasteiger partial charge in [-0.2, -0.15) is 0 Å². The summed E-state index contributed by atoms with van der Waals surface area (Å²) in [6.45, 7) is 0. The quantitative estimate of drug-likeness (QED) is 0.269. The molecule has 31 heavy (non-hydrogen) atoms. The van der Waals surface area contributed by atoms with Crippen LogP contribution in [0, 0.1) is 0 Å². The molecule has 0 unspecified atom stereocenters. The van der Waals surface area contributed by atoms with E-state index >= 15 is 0 Å². The van der Waals surface area contributed by atoms with Crippen LogP contribution in [0.5, 0.6) is 0 Å². The fourth-order valence-electron chi connectivity index (χ4n) is 5.26. The van der Waals surface area contributed by atoms with Crippen LogP contribution in [0.4, 0.5) is 0 Å². The van der Waals surface area contributed by atoms with Crippen molar-refractivity contribution in [1.82, 2.24) is 4.98 Å². The smallest absolute Gasteiger partial charge is 0.0551 e. The minimum absolute atomic E-state index is 1.18. The predicted octanol–water partition coefficient (Wildman–Crippen LogP) is 8.45. The molecule has 7 rings (SSSR count). The highest BCUT2D eigenvalue weighted by Gasteiger charge is 2.18. The molecule has 0 saturated heterocycles. The fourth-order valence-corrected chi connectivity index (χ4v) is 5.26. The number of benzene rings is 6. The standard InChI is InChI=1S/C30H19N/c1-2-10-19(11-3-1)25-18-20-12-4-5-13-21(20)28-27(25)22-14-6-7-15-23(22)30-29(28)24-16-8-9-17-26(24)31-30/h1-18,31H. The van der Waals surface area contributed by atoms with Gasteiger partial charge in [0.05, 0.1) is 5.52 Å². The molecule has 1 aromatic heterocycles. The number of para-hydroxylation sites is 1. The molecule has 0 atom stereocenters. The molecule has 1 nitrogen and oxygen atoms in total. The van der Waals surface area contributed by atoms with E-state index in [4.69, 9.17) is 0 Å². The number of hydrogen-bond acceptors (Lipinski definition) is 0.